The van der Waals surface area contributed by atoms with Crippen LogP contribution in [0.15, 0.2) is 0 Å². The fourth-order valence-corrected chi connectivity index (χ4v) is 2.87. The molecule has 6 nitrogen and oxygen atoms in total. The summed E-state index contributed by atoms with van der Waals surface area (Å²) in [6.45, 7) is 7.21. The molecule has 0 aromatic heterocycles. The van der Waals surface area contributed by atoms with Gasteiger partial charge in [0.15, 0.2) is 17.9 Å². The largest absolute Gasteiger partial charge is 0.394 e. The summed E-state index contributed by atoms with van der Waals surface area (Å²) in [5, 5.41) is 9.39. The lowest BCUT2D eigenvalue weighted by molar-refractivity contribution is -0.347. The minimum atomic E-state index is -0.761. The van der Waals surface area contributed by atoms with E-state index in [0.717, 1.165) is 0 Å². The number of aliphatic hydroxyl groups excluding tert-OH is 1. The van der Waals surface area contributed by atoms with E-state index >= 15 is 0 Å². The summed E-state index contributed by atoms with van der Waals surface area (Å²) < 4.78 is 28.8. The molecule has 0 bridgehead atoms. The Labute approximate surface area is 106 Å². The molecule has 0 saturated carbocycles. The van der Waals surface area contributed by atoms with Gasteiger partial charge in [0, 0.05) is 0 Å². The van der Waals surface area contributed by atoms with Crippen LogP contribution in [-0.4, -0.2) is 54.0 Å². The van der Waals surface area contributed by atoms with Crippen molar-refractivity contribution in [2.24, 2.45) is 0 Å². The van der Waals surface area contributed by atoms with E-state index in [1.165, 1.54) is 0 Å². The van der Waals surface area contributed by atoms with Gasteiger partial charge in [0.1, 0.15) is 24.4 Å². The van der Waals surface area contributed by atoms with Gasteiger partial charge in [0.25, 0.3) is 0 Å². The number of hydrogen-bond donors (Lipinski definition) is 1. The second-order valence-corrected chi connectivity index (χ2v) is 5.89. The third-order valence-corrected chi connectivity index (χ3v) is 3.43. The summed E-state index contributed by atoms with van der Waals surface area (Å²) in [4.78, 5) is 0. The lowest BCUT2D eigenvalue weighted by Gasteiger charge is -2.43. The van der Waals surface area contributed by atoms with Gasteiger partial charge in [0.05, 0.1) is 6.61 Å². The van der Waals surface area contributed by atoms with Crippen LogP contribution in [0.5, 0.6) is 0 Å². The first kappa shape index (κ1) is 12.8. The van der Waals surface area contributed by atoms with Crippen LogP contribution in [-0.2, 0) is 23.7 Å². The maximum absolute atomic E-state index is 9.39. The fourth-order valence-electron chi connectivity index (χ4n) is 2.87. The van der Waals surface area contributed by atoms with Gasteiger partial charge >= 0.3 is 0 Å². The number of fused-ring (bicyclic) bond motifs is 3. The van der Waals surface area contributed by atoms with Crippen molar-refractivity contribution in [1.82, 2.24) is 0 Å². The summed E-state index contributed by atoms with van der Waals surface area (Å²) in [6, 6.07) is 0. The van der Waals surface area contributed by atoms with Gasteiger partial charge in [-0.2, -0.15) is 0 Å². The molecule has 5 atom stereocenters. The van der Waals surface area contributed by atoms with Crippen molar-refractivity contribution in [1.29, 1.82) is 0 Å². The van der Waals surface area contributed by atoms with E-state index in [4.69, 9.17) is 23.7 Å². The van der Waals surface area contributed by atoms with Gasteiger partial charge in [-0.3, -0.25) is 0 Å². The van der Waals surface area contributed by atoms with Crippen molar-refractivity contribution < 1.29 is 28.8 Å². The van der Waals surface area contributed by atoms with Crippen molar-refractivity contribution in [2.45, 2.75) is 70.0 Å². The van der Waals surface area contributed by atoms with E-state index < -0.39 is 24.0 Å². The predicted octanol–water partition coefficient (Wildman–Crippen LogP) is 0.375. The smallest absolute Gasteiger partial charge is 0.190 e. The fraction of sp³-hybridized carbons (Fsp3) is 1.00. The molecule has 104 valence electrons. The monoisotopic (exact) mass is 260 g/mol. The highest BCUT2D eigenvalue weighted by molar-refractivity contribution is 5.00. The minimum Gasteiger partial charge on any atom is -0.394 e. The lowest BCUT2D eigenvalue weighted by Crippen LogP contribution is -2.56. The summed E-state index contributed by atoms with van der Waals surface area (Å²) in [7, 11) is 0. The Balaban J connectivity index is 1.83. The molecule has 3 fully saturated rings. The van der Waals surface area contributed by atoms with Crippen molar-refractivity contribution in [2.75, 3.05) is 6.61 Å². The first-order chi connectivity index (χ1) is 8.31. The number of ether oxygens (including phenoxy) is 5. The molecule has 3 saturated heterocycles. The molecule has 3 rings (SSSR count). The summed E-state index contributed by atoms with van der Waals surface area (Å²) in [6.07, 6.45) is -1.78. The van der Waals surface area contributed by atoms with Crippen LogP contribution in [0.1, 0.15) is 27.7 Å². The van der Waals surface area contributed by atoms with Gasteiger partial charge in [0.2, 0.25) is 0 Å². The van der Waals surface area contributed by atoms with Crippen molar-refractivity contribution in [3.8, 4) is 0 Å². The molecule has 3 aliphatic heterocycles. The van der Waals surface area contributed by atoms with Crippen LogP contribution in [0.2, 0.25) is 0 Å². The van der Waals surface area contributed by atoms with Crippen LogP contribution >= 0.6 is 0 Å². The Morgan fingerprint density at radius 3 is 2.11 bits per heavy atom. The minimum absolute atomic E-state index is 0.114. The van der Waals surface area contributed by atoms with Crippen LogP contribution in [0.3, 0.4) is 0 Å². The highest BCUT2D eigenvalue weighted by atomic mass is 16.9. The predicted molar refractivity (Wildman–Crippen MR) is 59.6 cm³/mol. The lowest BCUT2D eigenvalue weighted by atomic mass is 10.0. The first-order valence-corrected chi connectivity index (χ1v) is 6.29. The Morgan fingerprint density at radius 2 is 1.44 bits per heavy atom. The molecule has 0 spiro atoms. The van der Waals surface area contributed by atoms with Crippen LogP contribution < -0.4 is 0 Å². The Kier molecular flexibility index (Phi) is 2.75. The zero-order valence-electron chi connectivity index (χ0n) is 11.1. The quantitative estimate of drug-likeness (QED) is 0.735. The summed E-state index contributed by atoms with van der Waals surface area (Å²) in [5.41, 5.74) is 0. The highest BCUT2D eigenvalue weighted by Crippen LogP contribution is 2.44. The molecule has 0 aromatic carbocycles. The second kappa shape index (κ2) is 3.88. The van der Waals surface area contributed by atoms with Gasteiger partial charge in [-0.1, -0.05) is 0 Å². The van der Waals surface area contributed by atoms with Crippen LogP contribution in [0.25, 0.3) is 0 Å². The Morgan fingerprint density at radius 1 is 0.833 bits per heavy atom. The highest BCUT2D eigenvalue weighted by Gasteiger charge is 2.60. The van der Waals surface area contributed by atoms with Crippen LogP contribution in [0, 0.1) is 0 Å². The zero-order chi connectivity index (χ0) is 13.1. The summed E-state index contributed by atoms with van der Waals surface area (Å²) in [5.74, 6) is -1.43. The molecule has 0 radical (unpaired) electrons. The molecule has 6 heteroatoms. The average Bonchev–Trinajstić information content (AvgIpc) is 2.69. The van der Waals surface area contributed by atoms with Gasteiger partial charge in [-0.25, -0.2) is 0 Å². The van der Waals surface area contributed by atoms with Crippen molar-refractivity contribution in [3.63, 3.8) is 0 Å². The van der Waals surface area contributed by atoms with Crippen molar-refractivity contribution in [3.05, 3.63) is 0 Å². The number of aliphatic hydroxyl groups is 1. The van der Waals surface area contributed by atoms with E-state index in [-0.39, 0.29) is 24.9 Å². The van der Waals surface area contributed by atoms with Gasteiger partial charge in [-0.15, -0.1) is 0 Å². The summed E-state index contributed by atoms with van der Waals surface area (Å²) >= 11 is 0. The van der Waals surface area contributed by atoms with E-state index in [1.54, 1.807) is 0 Å². The Bertz CT molecular complexity index is 341. The third-order valence-electron chi connectivity index (χ3n) is 3.43. The standard InChI is InChI=1S/C12H20O6/c1-11(2)15-6(5-13)7-8(16-11)9-10(14-7)18-12(3,4)17-9/h6-10,13H,5H2,1-4H3/t6?,7-,8?,9?,10-/m1/s1. The topological polar surface area (TPSA) is 66.4 Å². The maximum Gasteiger partial charge on any atom is 0.190 e. The van der Waals surface area contributed by atoms with Gasteiger partial charge < -0.3 is 28.8 Å². The van der Waals surface area contributed by atoms with E-state index in [2.05, 4.69) is 0 Å². The normalized spacial score (nSPS) is 48.8. The first-order valence-electron chi connectivity index (χ1n) is 6.29. The van der Waals surface area contributed by atoms with Crippen molar-refractivity contribution >= 4 is 0 Å². The molecule has 0 aliphatic carbocycles. The second-order valence-electron chi connectivity index (χ2n) is 5.89. The zero-order valence-corrected chi connectivity index (χ0v) is 11.1. The molecule has 3 unspecified atom stereocenters. The molecule has 18 heavy (non-hydrogen) atoms. The number of hydrogen-bond acceptors (Lipinski definition) is 6. The average molecular weight is 260 g/mol. The molecule has 0 aromatic rings. The van der Waals surface area contributed by atoms with E-state index in [0.29, 0.717) is 0 Å². The molecule has 3 heterocycles. The van der Waals surface area contributed by atoms with E-state index in [1.807, 2.05) is 27.7 Å². The molecular weight excluding hydrogens is 240 g/mol. The maximum atomic E-state index is 9.39. The third kappa shape index (κ3) is 1.97. The molecule has 1 N–H and O–H groups in total. The van der Waals surface area contributed by atoms with E-state index in [9.17, 15) is 5.11 Å². The number of rotatable bonds is 1. The molecular formula is C12H20O6. The Hall–Kier alpha value is -0.240. The SMILES string of the molecule is CC1(C)OC(CO)[C@H]2O[C@@H]3OC(C)(C)OC3C2O1. The van der Waals surface area contributed by atoms with Crippen LogP contribution in [0.4, 0.5) is 0 Å². The van der Waals surface area contributed by atoms with Gasteiger partial charge in [-0.05, 0) is 27.7 Å². The molecule has 3 aliphatic rings. The molecule has 0 amide bonds.